The summed E-state index contributed by atoms with van der Waals surface area (Å²) in [5, 5.41) is 16.4. The zero-order chi connectivity index (χ0) is 16.9. The number of nitrogens with zero attached hydrogens (tertiary/aromatic N) is 1. The van der Waals surface area contributed by atoms with Gasteiger partial charge < -0.3 is 5.32 Å². The van der Waals surface area contributed by atoms with E-state index in [1.165, 1.54) is 0 Å². The summed E-state index contributed by atoms with van der Waals surface area (Å²) in [7, 11) is 0. The molecule has 1 saturated carbocycles. The number of rotatable bonds is 5. The Balaban J connectivity index is 1.94. The highest BCUT2D eigenvalue weighted by atomic mass is 35.5. The van der Waals surface area contributed by atoms with Crippen molar-refractivity contribution in [2.45, 2.75) is 63.6 Å². The third kappa shape index (κ3) is 4.70. The van der Waals surface area contributed by atoms with Crippen LogP contribution in [0.3, 0.4) is 0 Å². The van der Waals surface area contributed by atoms with Crippen LogP contribution in [-0.2, 0) is 4.79 Å². The molecule has 124 valence electrons. The zero-order valence-electron chi connectivity index (χ0n) is 13.7. The monoisotopic (exact) mass is 333 g/mol. The third-order valence-electron chi connectivity index (χ3n) is 4.55. The van der Waals surface area contributed by atoms with E-state index < -0.39 is 5.54 Å². The minimum atomic E-state index is -0.686. The van der Waals surface area contributed by atoms with Crippen LogP contribution >= 0.6 is 11.6 Å². The summed E-state index contributed by atoms with van der Waals surface area (Å²) in [5.41, 5.74) is 0.385. The minimum absolute atomic E-state index is 0.0254. The van der Waals surface area contributed by atoms with E-state index in [2.05, 4.69) is 16.7 Å². The quantitative estimate of drug-likeness (QED) is 0.863. The van der Waals surface area contributed by atoms with Crippen LogP contribution in [0.1, 0.15) is 57.6 Å². The Morgan fingerprint density at radius 2 is 1.83 bits per heavy atom. The Morgan fingerprint density at radius 3 is 2.39 bits per heavy atom. The number of benzene rings is 1. The Morgan fingerprint density at radius 1 is 1.22 bits per heavy atom. The summed E-state index contributed by atoms with van der Waals surface area (Å²) in [6, 6.07) is 9.55. The molecule has 2 rings (SSSR count). The van der Waals surface area contributed by atoms with Gasteiger partial charge in [0.2, 0.25) is 5.91 Å². The molecule has 0 spiro atoms. The van der Waals surface area contributed by atoms with Crippen molar-refractivity contribution < 1.29 is 4.79 Å². The maximum absolute atomic E-state index is 12.5. The lowest BCUT2D eigenvalue weighted by Gasteiger charge is -2.33. The van der Waals surface area contributed by atoms with Gasteiger partial charge in [-0.2, -0.15) is 5.26 Å². The fourth-order valence-electron chi connectivity index (χ4n) is 3.06. The average molecular weight is 334 g/mol. The Kier molecular flexibility index (Phi) is 6.04. The van der Waals surface area contributed by atoms with E-state index in [4.69, 9.17) is 11.6 Å². The Hall–Kier alpha value is -1.57. The van der Waals surface area contributed by atoms with Crippen LogP contribution in [0.15, 0.2) is 24.3 Å². The van der Waals surface area contributed by atoms with Gasteiger partial charge in [0.05, 0.1) is 12.1 Å². The number of hydrogen-bond donors (Lipinski definition) is 2. The summed E-state index contributed by atoms with van der Waals surface area (Å²) in [5.74, 6) is -0.116. The van der Waals surface area contributed by atoms with Gasteiger partial charge in [0, 0.05) is 11.1 Å². The van der Waals surface area contributed by atoms with Crippen LogP contribution in [0.2, 0.25) is 5.02 Å². The van der Waals surface area contributed by atoms with Gasteiger partial charge in [-0.05, 0) is 44.4 Å². The van der Waals surface area contributed by atoms with E-state index >= 15 is 0 Å². The molecule has 0 saturated heterocycles. The zero-order valence-corrected chi connectivity index (χ0v) is 14.5. The molecule has 1 aromatic carbocycles. The van der Waals surface area contributed by atoms with Crippen LogP contribution < -0.4 is 10.6 Å². The average Bonchev–Trinajstić information content (AvgIpc) is 2.56. The predicted octanol–water partition coefficient (Wildman–Crippen LogP) is 3.72. The molecule has 1 amide bonds. The molecule has 0 unspecified atom stereocenters. The van der Waals surface area contributed by atoms with Gasteiger partial charge in [-0.25, -0.2) is 0 Å². The van der Waals surface area contributed by atoms with E-state index in [0.717, 1.165) is 37.7 Å². The molecule has 1 aliphatic rings. The maximum atomic E-state index is 12.5. The molecule has 2 atom stereocenters. The normalized spacial score (nSPS) is 19.4. The van der Waals surface area contributed by atoms with E-state index in [-0.39, 0.29) is 18.0 Å². The van der Waals surface area contributed by atoms with Crippen molar-refractivity contribution in [2.75, 3.05) is 0 Å². The van der Waals surface area contributed by atoms with E-state index in [1.807, 2.05) is 38.1 Å². The van der Waals surface area contributed by atoms with Crippen LogP contribution in [0.4, 0.5) is 0 Å². The Bertz CT molecular complexity index is 573. The molecular weight excluding hydrogens is 310 g/mol. The highest BCUT2D eigenvalue weighted by molar-refractivity contribution is 6.30. The molecule has 1 aliphatic carbocycles. The first-order chi connectivity index (χ1) is 11.0. The summed E-state index contributed by atoms with van der Waals surface area (Å²) in [6.45, 7) is 3.84. The molecule has 1 fully saturated rings. The van der Waals surface area contributed by atoms with Gasteiger partial charge in [0.25, 0.3) is 0 Å². The first-order valence-corrected chi connectivity index (χ1v) is 8.58. The number of nitriles is 1. The molecule has 2 N–H and O–H groups in total. The van der Waals surface area contributed by atoms with Crippen molar-refractivity contribution in [1.82, 2.24) is 10.6 Å². The summed E-state index contributed by atoms with van der Waals surface area (Å²) in [4.78, 5) is 12.5. The highest BCUT2D eigenvalue weighted by Gasteiger charge is 2.34. The van der Waals surface area contributed by atoms with Crippen molar-refractivity contribution in [3.63, 3.8) is 0 Å². The number of nitrogens with one attached hydrogen (secondary N) is 2. The maximum Gasteiger partial charge on any atom is 0.238 e. The number of carbonyl (C=O) groups is 1. The fraction of sp³-hybridized carbons (Fsp3) is 0.556. The number of halogens is 1. The number of hydrogen-bond acceptors (Lipinski definition) is 3. The smallest absolute Gasteiger partial charge is 0.238 e. The molecule has 0 aromatic heterocycles. The second kappa shape index (κ2) is 7.81. The largest absolute Gasteiger partial charge is 0.336 e. The van der Waals surface area contributed by atoms with Crippen molar-refractivity contribution in [3.8, 4) is 6.07 Å². The molecule has 0 heterocycles. The van der Waals surface area contributed by atoms with Gasteiger partial charge in [-0.15, -0.1) is 0 Å². The van der Waals surface area contributed by atoms with Gasteiger partial charge in [-0.3, -0.25) is 10.1 Å². The van der Waals surface area contributed by atoms with E-state index in [9.17, 15) is 10.1 Å². The van der Waals surface area contributed by atoms with Gasteiger partial charge in [0.15, 0.2) is 0 Å². The minimum Gasteiger partial charge on any atom is -0.336 e. The molecule has 5 heteroatoms. The molecule has 0 bridgehead atoms. The molecule has 0 radical (unpaired) electrons. The van der Waals surface area contributed by atoms with Crippen molar-refractivity contribution in [2.24, 2.45) is 0 Å². The fourth-order valence-corrected chi connectivity index (χ4v) is 3.19. The van der Waals surface area contributed by atoms with Crippen molar-refractivity contribution >= 4 is 17.5 Å². The summed E-state index contributed by atoms with van der Waals surface area (Å²) < 4.78 is 0. The topological polar surface area (TPSA) is 64.9 Å². The lowest BCUT2D eigenvalue weighted by atomic mass is 9.82. The van der Waals surface area contributed by atoms with Crippen LogP contribution in [0, 0.1) is 11.3 Å². The first kappa shape index (κ1) is 17.8. The second-order valence-electron chi connectivity index (χ2n) is 6.41. The van der Waals surface area contributed by atoms with Crippen molar-refractivity contribution in [3.05, 3.63) is 34.9 Å². The molecule has 1 aromatic rings. The Labute approximate surface area is 143 Å². The predicted molar refractivity (Wildman–Crippen MR) is 92.0 cm³/mol. The molecule has 23 heavy (non-hydrogen) atoms. The van der Waals surface area contributed by atoms with E-state index in [0.29, 0.717) is 5.02 Å². The lowest BCUT2D eigenvalue weighted by Crippen LogP contribution is -2.54. The number of carbonyl (C=O) groups excluding carboxylic acids is 1. The number of amides is 1. The van der Waals surface area contributed by atoms with Crippen LogP contribution in [0.25, 0.3) is 0 Å². The third-order valence-corrected chi connectivity index (χ3v) is 4.80. The molecular formula is C18H24ClN3O. The van der Waals surface area contributed by atoms with Crippen LogP contribution in [0.5, 0.6) is 0 Å². The van der Waals surface area contributed by atoms with Gasteiger partial charge >= 0.3 is 0 Å². The second-order valence-corrected chi connectivity index (χ2v) is 6.84. The first-order valence-electron chi connectivity index (χ1n) is 8.20. The lowest BCUT2D eigenvalue weighted by molar-refractivity contribution is -0.124. The summed E-state index contributed by atoms with van der Waals surface area (Å²) in [6.07, 6.45) is 4.62. The highest BCUT2D eigenvalue weighted by Crippen LogP contribution is 2.27. The SMILES string of the molecule is C[C@H](N[C@H](C)c1ccc(Cl)cc1)C(=O)NC1(C#N)CCCCC1. The molecule has 0 aliphatic heterocycles. The van der Waals surface area contributed by atoms with Crippen molar-refractivity contribution in [1.29, 1.82) is 5.26 Å². The standard InChI is InChI=1S/C18H24ClN3O/c1-13(15-6-8-16(19)9-7-15)21-14(2)17(23)22-18(12-20)10-4-3-5-11-18/h6-9,13-14,21H,3-5,10-11H2,1-2H3,(H,22,23)/t13-,14+/m1/s1. The summed E-state index contributed by atoms with van der Waals surface area (Å²) >= 11 is 5.90. The molecule has 4 nitrogen and oxygen atoms in total. The van der Waals surface area contributed by atoms with Gasteiger partial charge in [-0.1, -0.05) is 43.0 Å². The van der Waals surface area contributed by atoms with Gasteiger partial charge in [0.1, 0.15) is 5.54 Å². The van der Waals surface area contributed by atoms with E-state index in [1.54, 1.807) is 0 Å². The van der Waals surface area contributed by atoms with Crippen LogP contribution in [-0.4, -0.2) is 17.5 Å².